The van der Waals surface area contributed by atoms with Gasteiger partial charge in [-0.1, -0.05) is 59.3 Å². The number of hydrogen-bond donors (Lipinski definition) is 1. The van der Waals surface area contributed by atoms with E-state index in [-0.39, 0.29) is 11.9 Å². The summed E-state index contributed by atoms with van der Waals surface area (Å²) in [4.78, 5) is 21.4. The van der Waals surface area contributed by atoms with Crippen LogP contribution in [0.3, 0.4) is 0 Å². The number of halogens is 1. The molecule has 1 saturated carbocycles. The van der Waals surface area contributed by atoms with Gasteiger partial charge in [-0.05, 0) is 56.5 Å². The van der Waals surface area contributed by atoms with E-state index in [0.29, 0.717) is 5.13 Å². The standard InChI is InChI=1S/C25H26ClN3O2S/c1-31-20-11-5-3-9-18(20)25(12-13-25)23(30)28-24-27-16-21(32-24)22(29-14-6-7-15-29)17-8-2-4-10-19(17)26/h2-5,8-11,16,22H,6-7,12-15H2,1H3,(H,27,28,30). The number of ether oxygens (including phenoxy) is 1. The van der Waals surface area contributed by atoms with Crippen molar-refractivity contribution in [3.8, 4) is 5.75 Å². The topological polar surface area (TPSA) is 54.5 Å². The van der Waals surface area contributed by atoms with Gasteiger partial charge in [-0.3, -0.25) is 9.69 Å². The fraction of sp³-hybridized carbons (Fsp3) is 0.360. The van der Waals surface area contributed by atoms with Crippen LogP contribution in [0.15, 0.2) is 54.7 Å². The molecule has 2 heterocycles. The van der Waals surface area contributed by atoms with Gasteiger partial charge < -0.3 is 10.1 Å². The highest BCUT2D eigenvalue weighted by molar-refractivity contribution is 7.15. The Bertz CT molecular complexity index is 1120. The van der Waals surface area contributed by atoms with Crippen molar-refractivity contribution in [3.05, 3.63) is 75.8 Å². The van der Waals surface area contributed by atoms with Gasteiger partial charge in [-0.25, -0.2) is 4.98 Å². The van der Waals surface area contributed by atoms with Crippen LogP contribution in [0.4, 0.5) is 5.13 Å². The van der Waals surface area contributed by atoms with Crippen LogP contribution in [0.2, 0.25) is 5.02 Å². The van der Waals surface area contributed by atoms with Crippen molar-refractivity contribution >= 4 is 34.0 Å². The lowest BCUT2D eigenvalue weighted by molar-refractivity contribution is -0.118. The molecule has 1 atom stereocenters. The number of anilines is 1. The number of carbonyl (C=O) groups excluding carboxylic acids is 1. The van der Waals surface area contributed by atoms with E-state index in [0.717, 1.165) is 52.7 Å². The Labute approximate surface area is 197 Å². The summed E-state index contributed by atoms with van der Waals surface area (Å²) in [6.45, 7) is 2.07. The Balaban J connectivity index is 1.40. The van der Waals surface area contributed by atoms with E-state index in [4.69, 9.17) is 16.3 Å². The van der Waals surface area contributed by atoms with Crippen molar-refractivity contribution in [2.75, 3.05) is 25.5 Å². The normalized spacial score (nSPS) is 18.3. The second-order valence-corrected chi connectivity index (χ2v) is 9.94. The van der Waals surface area contributed by atoms with Gasteiger partial charge in [0, 0.05) is 21.7 Å². The van der Waals surface area contributed by atoms with Crippen LogP contribution in [0.5, 0.6) is 5.75 Å². The first kappa shape index (κ1) is 21.4. The molecule has 1 aliphatic heterocycles. The molecule has 0 spiro atoms. The number of amides is 1. The second kappa shape index (κ2) is 8.85. The summed E-state index contributed by atoms with van der Waals surface area (Å²) in [5.41, 5.74) is 1.50. The number of likely N-dealkylation sites (tertiary alicyclic amines) is 1. The zero-order chi connectivity index (χ0) is 22.1. The van der Waals surface area contributed by atoms with Crippen LogP contribution in [-0.2, 0) is 10.2 Å². The molecule has 5 rings (SSSR count). The van der Waals surface area contributed by atoms with Gasteiger partial charge in [-0.2, -0.15) is 0 Å². The number of aromatic nitrogens is 1. The smallest absolute Gasteiger partial charge is 0.236 e. The van der Waals surface area contributed by atoms with E-state index in [2.05, 4.69) is 21.3 Å². The number of benzene rings is 2. The zero-order valence-corrected chi connectivity index (χ0v) is 19.6. The molecule has 1 aromatic heterocycles. The molecule has 166 valence electrons. The van der Waals surface area contributed by atoms with Crippen molar-refractivity contribution < 1.29 is 9.53 Å². The largest absolute Gasteiger partial charge is 0.496 e. The maximum Gasteiger partial charge on any atom is 0.236 e. The molecule has 1 amide bonds. The molecule has 7 heteroatoms. The first-order valence-corrected chi connectivity index (χ1v) is 12.2. The fourth-order valence-corrected chi connectivity index (χ4v) is 5.90. The Morgan fingerprint density at radius 2 is 1.88 bits per heavy atom. The van der Waals surface area contributed by atoms with Crippen LogP contribution in [0, 0.1) is 0 Å². The highest BCUT2D eigenvalue weighted by atomic mass is 35.5. The van der Waals surface area contributed by atoms with E-state index in [9.17, 15) is 4.79 Å². The van der Waals surface area contributed by atoms with Gasteiger partial charge in [0.25, 0.3) is 0 Å². The SMILES string of the molecule is COc1ccccc1C1(C(=O)Nc2ncc(C(c3ccccc3Cl)N3CCCC3)s2)CC1. The van der Waals surface area contributed by atoms with Crippen molar-refractivity contribution in [2.24, 2.45) is 0 Å². The maximum atomic E-state index is 13.3. The molecule has 2 fully saturated rings. The molecule has 0 radical (unpaired) electrons. The molecule has 2 aliphatic rings. The lowest BCUT2D eigenvalue weighted by Gasteiger charge is -2.27. The van der Waals surface area contributed by atoms with Crippen LogP contribution >= 0.6 is 22.9 Å². The number of nitrogens with one attached hydrogen (secondary N) is 1. The second-order valence-electron chi connectivity index (χ2n) is 8.47. The number of nitrogens with zero attached hydrogens (tertiary/aromatic N) is 2. The molecule has 3 aromatic rings. The molecular formula is C25H26ClN3O2S. The van der Waals surface area contributed by atoms with E-state index in [1.807, 2.05) is 48.7 Å². The Kier molecular flexibility index (Phi) is 5.93. The monoisotopic (exact) mass is 467 g/mol. The van der Waals surface area contributed by atoms with Crippen LogP contribution in [-0.4, -0.2) is 36.0 Å². The summed E-state index contributed by atoms with van der Waals surface area (Å²) in [6.07, 6.45) is 5.88. The maximum absolute atomic E-state index is 13.3. The predicted octanol–water partition coefficient (Wildman–Crippen LogP) is 5.66. The molecule has 1 N–H and O–H groups in total. The molecule has 1 saturated heterocycles. The highest BCUT2D eigenvalue weighted by Gasteiger charge is 2.53. The van der Waals surface area contributed by atoms with Crippen LogP contribution < -0.4 is 10.1 Å². The van der Waals surface area contributed by atoms with E-state index in [1.165, 1.54) is 24.2 Å². The molecule has 1 aliphatic carbocycles. The summed E-state index contributed by atoms with van der Waals surface area (Å²) < 4.78 is 5.51. The molecule has 2 aromatic carbocycles. The third-order valence-corrected chi connectivity index (χ3v) is 7.84. The summed E-state index contributed by atoms with van der Waals surface area (Å²) >= 11 is 8.11. The van der Waals surface area contributed by atoms with E-state index >= 15 is 0 Å². The van der Waals surface area contributed by atoms with Crippen molar-refractivity contribution in [2.45, 2.75) is 37.1 Å². The average Bonchev–Trinajstić information content (AvgIpc) is 3.21. The summed E-state index contributed by atoms with van der Waals surface area (Å²) in [5, 5.41) is 4.48. The number of hydrogen-bond acceptors (Lipinski definition) is 5. The predicted molar refractivity (Wildman–Crippen MR) is 129 cm³/mol. The average molecular weight is 468 g/mol. The molecule has 5 nitrogen and oxygen atoms in total. The van der Waals surface area contributed by atoms with Gasteiger partial charge in [0.05, 0.1) is 18.6 Å². The first-order valence-electron chi connectivity index (χ1n) is 11.0. The van der Waals surface area contributed by atoms with Crippen LogP contribution in [0.1, 0.15) is 47.7 Å². The molecule has 1 unspecified atom stereocenters. The third-order valence-electron chi connectivity index (χ3n) is 6.53. The van der Waals surface area contributed by atoms with Gasteiger partial charge in [0.15, 0.2) is 5.13 Å². The third kappa shape index (κ3) is 3.91. The summed E-state index contributed by atoms with van der Waals surface area (Å²) in [6, 6.07) is 15.8. The van der Waals surface area contributed by atoms with Gasteiger partial charge in [0.1, 0.15) is 5.75 Å². The van der Waals surface area contributed by atoms with E-state index < -0.39 is 5.41 Å². The van der Waals surface area contributed by atoms with Gasteiger partial charge in [-0.15, -0.1) is 0 Å². The fourth-order valence-electron chi connectivity index (χ4n) is 4.70. The Hall–Kier alpha value is -2.41. The zero-order valence-electron chi connectivity index (χ0n) is 18.0. The number of thiazole rings is 1. The van der Waals surface area contributed by atoms with Crippen molar-refractivity contribution in [1.29, 1.82) is 0 Å². The minimum atomic E-state index is -0.532. The molecular weight excluding hydrogens is 442 g/mol. The number of rotatable bonds is 7. The highest BCUT2D eigenvalue weighted by Crippen LogP contribution is 2.52. The lowest BCUT2D eigenvalue weighted by Crippen LogP contribution is -2.28. The van der Waals surface area contributed by atoms with Crippen molar-refractivity contribution in [3.63, 3.8) is 0 Å². The number of methoxy groups -OCH3 is 1. The Morgan fingerprint density at radius 3 is 2.59 bits per heavy atom. The Morgan fingerprint density at radius 1 is 1.16 bits per heavy atom. The van der Waals surface area contributed by atoms with Gasteiger partial charge >= 0.3 is 0 Å². The quantitative estimate of drug-likeness (QED) is 0.487. The van der Waals surface area contributed by atoms with Crippen LogP contribution in [0.25, 0.3) is 0 Å². The lowest BCUT2D eigenvalue weighted by atomic mass is 9.94. The number of carbonyl (C=O) groups is 1. The number of para-hydroxylation sites is 1. The van der Waals surface area contributed by atoms with Gasteiger partial charge in [0.2, 0.25) is 5.91 Å². The summed E-state index contributed by atoms with van der Waals surface area (Å²) in [7, 11) is 1.65. The van der Waals surface area contributed by atoms with E-state index in [1.54, 1.807) is 7.11 Å². The first-order chi connectivity index (χ1) is 15.6. The molecule has 0 bridgehead atoms. The molecule has 32 heavy (non-hydrogen) atoms. The summed E-state index contributed by atoms with van der Waals surface area (Å²) in [5.74, 6) is 0.742. The minimum Gasteiger partial charge on any atom is -0.496 e. The minimum absolute atomic E-state index is 0.0154. The van der Waals surface area contributed by atoms with Crippen molar-refractivity contribution in [1.82, 2.24) is 9.88 Å².